The predicted octanol–water partition coefficient (Wildman–Crippen LogP) is 6.58. The smallest absolute Gasteiger partial charge is 0.255 e. The van der Waals surface area contributed by atoms with Crippen molar-refractivity contribution in [2.75, 3.05) is 13.2 Å². The molecule has 2 aromatic heterocycles. The molecular formula is C30H34N2O4S. The number of benzene rings is 1. The summed E-state index contributed by atoms with van der Waals surface area (Å²) in [5, 5.41) is 3.74. The highest BCUT2D eigenvalue weighted by Crippen LogP contribution is 2.45. The maximum absolute atomic E-state index is 13.4. The van der Waals surface area contributed by atoms with Crippen molar-refractivity contribution in [1.29, 1.82) is 0 Å². The number of rotatable bonds is 9. The van der Waals surface area contributed by atoms with E-state index in [1.54, 1.807) is 23.8 Å². The molecule has 1 aliphatic carbocycles. The van der Waals surface area contributed by atoms with Crippen LogP contribution in [0.4, 0.5) is 5.00 Å². The maximum Gasteiger partial charge on any atom is 0.255 e. The highest BCUT2D eigenvalue weighted by molar-refractivity contribution is 7.16. The van der Waals surface area contributed by atoms with Crippen LogP contribution >= 0.6 is 11.3 Å². The summed E-state index contributed by atoms with van der Waals surface area (Å²) in [5.74, 6) is 4.83. The number of hydrogen-bond donors (Lipinski definition) is 1. The van der Waals surface area contributed by atoms with Crippen LogP contribution in [0.15, 0.2) is 46.0 Å². The molecule has 0 unspecified atom stereocenters. The Hall–Kier alpha value is -3.50. The van der Waals surface area contributed by atoms with E-state index < -0.39 is 0 Å². The minimum Gasteiger partial charge on any atom is -0.490 e. The zero-order chi connectivity index (χ0) is 26.4. The van der Waals surface area contributed by atoms with E-state index in [4.69, 9.17) is 25.3 Å². The number of terminal acetylenes is 1. The van der Waals surface area contributed by atoms with Crippen LogP contribution in [0.2, 0.25) is 0 Å². The Labute approximate surface area is 223 Å². The highest BCUT2D eigenvalue weighted by Gasteiger charge is 2.33. The first kappa shape index (κ1) is 26.6. The maximum atomic E-state index is 13.4. The van der Waals surface area contributed by atoms with E-state index >= 15 is 0 Å². The van der Waals surface area contributed by atoms with Gasteiger partial charge in [0.05, 0.1) is 25.0 Å². The molecule has 0 saturated heterocycles. The molecule has 0 bridgehead atoms. The van der Waals surface area contributed by atoms with Gasteiger partial charge in [-0.3, -0.25) is 4.79 Å². The Morgan fingerprint density at radius 2 is 2.14 bits per heavy atom. The van der Waals surface area contributed by atoms with E-state index in [1.807, 2.05) is 37.3 Å². The molecule has 1 amide bonds. The van der Waals surface area contributed by atoms with Gasteiger partial charge in [-0.05, 0) is 79.0 Å². The summed E-state index contributed by atoms with van der Waals surface area (Å²) in [7, 11) is 0. The largest absolute Gasteiger partial charge is 0.490 e. The summed E-state index contributed by atoms with van der Waals surface area (Å²) in [4.78, 5) is 19.5. The number of amides is 1. The zero-order valence-corrected chi connectivity index (χ0v) is 22.7. The highest BCUT2D eigenvalue weighted by atomic mass is 32.1. The normalized spacial score (nSPS) is 15.3. The summed E-state index contributed by atoms with van der Waals surface area (Å²) in [6.45, 7) is 9.79. The molecule has 37 heavy (non-hydrogen) atoms. The fourth-order valence-electron chi connectivity index (χ4n) is 4.55. The second kappa shape index (κ2) is 11.7. The average molecular weight is 519 g/mol. The number of carbonyl (C=O) groups is 1. The average Bonchev–Trinajstić information content (AvgIpc) is 3.52. The summed E-state index contributed by atoms with van der Waals surface area (Å²) in [6, 6.07) is 9.27. The Kier molecular flexibility index (Phi) is 8.40. The third-order valence-corrected chi connectivity index (χ3v) is 7.77. The van der Waals surface area contributed by atoms with Gasteiger partial charge in [-0.1, -0.05) is 26.7 Å². The second-order valence-electron chi connectivity index (χ2n) is 10.1. The van der Waals surface area contributed by atoms with Crippen molar-refractivity contribution in [3.05, 3.63) is 63.9 Å². The molecule has 0 aliphatic heterocycles. The van der Waals surface area contributed by atoms with E-state index in [9.17, 15) is 4.79 Å². The molecule has 7 heteroatoms. The van der Waals surface area contributed by atoms with Crippen molar-refractivity contribution < 1.29 is 18.7 Å². The molecular weight excluding hydrogens is 484 g/mol. The lowest BCUT2D eigenvalue weighted by atomic mass is 9.72. The first-order chi connectivity index (χ1) is 17.8. The third kappa shape index (κ3) is 6.44. The summed E-state index contributed by atoms with van der Waals surface area (Å²) < 4.78 is 16.7. The molecule has 4 rings (SSSR count). The van der Waals surface area contributed by atoms with Gasteiger partial charge in [0.1, 0.15) is 17.4 Å². The van der Waals surface area contributed by atoms with Crippen LogP contribution in [0.1, 0.15) is 66.2 Å². The van der Waals surface area contributed by atoms with Crippen molar-refractivity contribution in [1.82, 2.24) is 5.32 Å². The van der Waals surface area contributed by atoms with E-state index in [0.29, 0.717) is 41.9 Å². The van der Waals surface area contributed by atoms with Crippen molar-refractivity contribution in [2.45, 2.75) is 53.5 Å². The number of aliphatic imine (C=N–C) groups is 1. The van der Waals surface area contributed by atoms with Gasteiger partial charge in [-0.25, -0.2) is 4.99 Å². The first-order valence-electron chi connectivity index (χ1n) is 12.6. The lowest BCUT2D eigenvalue weighted by Gasteiger charge is -2.33. The van der Waals surface area contributed by atoms with Crippen LogP contribution in [0, 0.1) is 23.7 Å². The fraction of sp³-hybridized carbons (Fsp3) is 0.400. The van der Waals surface area contributed by atoms with Gasteiger partial charge in [0.2, 0.25) is 0 Å². The van der Waals surface area contributed by atoms with E-state index in [-0.39, 0.29) is 17.9 Å². The standard InChI is InChI=1S/C30H34N2O4S/c1-6-14-36-24-13-10-20(16-25(24)34-7-2)18-32-29-27(28(33)31-19-22-9-8-15-35-22)23-12-11-21(30(3,4)5)17-26(23)37-29/h1,8-10,13,15-16,18,21H,7,11-12,14,17,19H2,2-5H3,(H,31,33)/t21-/m0/s1. The monoisotopic (exact) mass is 518 g/mol. The minimum atomic E-state index is -0.122. The molecule has 1 aliphatic rings. The predicted molar refractivity (Wildman–Crippen MR) is 148 cm³/mol. The lowest BCUT2D eigenvalue weighted by molar-refractivity contribution is 0.0947. The zero-order valence-electron chi connectivity index (χ0n) is 21.9. The Morgan fingerprint density at radius 3 is 2.84 bits per heavy atom. The van der Waals surface area contributed by atoms with Crippen molar-refractivity contribution in [2.24, 2.45) is 16.3 Å². The van der Waals surface area contributed by atoms with Crippen molar-refractivity contribution >= 4 is 28.5 Å². The number of carbonyl (C=O) groups excluding carboxylic acids is 1. The number of nitrogens with zero attached hydrogens (tertiary/aromatic N) is 1. The summed E-state index contributed by atoms with van der Waals surface area (Å²) in [5.41, 5.74) is 2.86. The topological polar surface area (TPSA) is 73.1 Å². The number of thiophene rings is 1. The molecule has 6 nitrogen and oxygen atoms in total. The van der Waals surface area contributed by atoms with Gasteiger partial charge in [0.25, 0.3) is 5.91 Å². The van der Waals surface area contributed by atoms with Gasteiger partial charge in [0, 0.05) is 11.1 Å². The molecule has 0 fully saturated rings. The quantitative estimate of drug-likeness (QED) is 0.256. The van der Waals surface area contributed by atoms with Crippen LogP contribution in [0.25, 0.3) is 0 Å². The molecule has 1 aromatic carbocycles. The van der Waals surface area contributed by atoms with Crippen LogP contribution in [0.3, 0.4) is 0 Å². The number of fused-ring (bicyclic) bond motifs is 1. The van der Waals surface area contributed by atoms with E-state index in [0.717, 1.165) is 35.4 Å². The Morgan fingerprint density at radius 1 is 1.30 bits per heavy atom. The number of furan rings is 1. The number of ether oxygens (including phenoxy) is 2. The van der Waals surface area contributed by atoms with Crippen LogP contribution in [-0.4, -0.2) is 25.3 Å². The molecule has 1 N–H and O–H groups in total. The third-order valence-electron chi connectivity index (χ3n) is 6.61. The second-order valence-corrected chi connectivity index (χ2v) is 11.2. The van der Waals surface area contributed by atoms with Gasteiger partial charge >= 0.3 is 0 Å². The molecule has 0 spiro atoms. The molecule has 2 heterocycles. The lowest BCUT2D eigenvalue weighted by Crippen LogP contribution is -2.28. The SMILES string of the molecule is C#CCOc1ccc(C=Nc2sc3c(c2C(=O)NCc2ccco2)CC[C@H](C(C)(C)C)C3)cc1OCC. The van der Waals surface area contributed by atoms with Gasteiger partial charge in [-0.2, -0.15) is 0 Å². The van der Waals surface area contributed by atoms with Gasteiger partial charge < -0.3 is 19.2 Å². The van der Waals surface area contributed by atoms with Gasteiger partial charge in [0.15, 0.2) is 11.5 Å². The number of hydrogen-bond acceptors (Lipinski definition) is 6. The van der Waals surface area contributed by atoms with E-state index in [2.05, 4.69) is 32.0 Å². The Balaban J connectivity index is 1.64. The van der Waals surface area contributed by atoms with Crippen molar-refractivity contribution in [3.63, 3.8) is 0 Å². The van der Waals surface area contributed by atoms with Crippen molar-refractivity contribution in [3.8, 4) is 23.8 Å². The molecule has 0 saturated carbocycles. The minimum absolute atomic E-state index is 0.122. The molecule has 0 radical (unpaired) electrons. The Bertz CT molecular complexity index is 1290. The molecule has 1 atom stereocenters. The summed E-state index contributed by atoms with van der Waals surface area (Å²) in [6.07, 6.45) is 11.6. The molecule has 3 aromatic rings. The van der Waals surface area contributed by atoms with Crippen LogP contribution < -0.4 is 14.8 Å². The van der Waals surface area contributed by atoms with Crippen LogP contribution in [-0.2, 0) is 19.4 Å². The fourth-order valence-corrected chi connectivity index (χ4v) is 5.82. The van der Waals surface area contributed by atoms with Crippen LogP contribution in [0.5, 0.6) is 11.5 Å². The molecule has 194 valence electrons. The first-order valence-corrected chi connectivity index (χ1v) is 13.4. The number of nitrogens with one attached hydrogen (secondary N) is 1. The summed E-state index contributed by atoms with van der Waals surface area (Å²) >= 11 is 1.62. The van der Waals surface area contributed by atoms with E-state index in [1.165, 1.54) is 4.88 Å². The van der Waals surface area contributed by atoms with Gasteiger partial charge in [-0.15, -0.1) is 17.8 Å².